The zero-order valence-corrected chi connectivity index (χ0v) is 13.3. The zero-order valence-electron chi connectivity index (χ0n) is 11.7. The largest absolute Gasteiger partial charge is 0.409 e. The van der Waals surface area contributed by atoms with Crippen LogP contribution in [0, 0.1) is 5.82 Å². The Morgan fingerprint density at radius 3 is 2.48 bits per heavy atom. The summed E-state index contributed by atoms with van der Waals surface area (Å²) in [6, 6.07) is 9.42. The molecule has 2 aromatic carbocycles. The smallest absolute Gasteiger partial charge is 0.240 e. The summed E-state index contributed by atoms with van der Waals surface area (Å²) < 4.78 is 40.4. The molecular weight excluding hydrogens is 345 g/mol. The average molecular weight is 358 g/mol. The van der Waals surface area contributed by atoms with E-state index in [9.17, 15) is 12.8 Å². The zero-order chi connectivity index (χ0) is 17.0. The second-order valence-electron chi connectivity index (χ2n) is 4.57. The summed E-state index contributed by atoms with van der Waals surface area (Å²) in [7, 11) is -3.79. The maximum absolute atomic E-state index is 13.9. The van der Waals surface area contributed by atoms with Gasteiger partial charge in [0.2, 0.25) is 10.0 Å². The van der Waals surface area contributed by atoms with Crippen molar-refractivity contribution in [1.29, 1.82) is 0 Å². The van der Waals surface area contributed by atoms with Crippen LogP contribution in [0.15, 0.2) is 52.5 Å². The van der Waals surface area contributed by atoms with E-state index in [2.05, 4.69) is 9.88 Å². The van der Waals surface area contributed by atoms with Crippen molar-refractivity contribution in [2.45, 2.75) is 11.4 Å². The molecule has 0 fully saturated rings. The SMILES string of the molecule is NC(=NO)c1ccc(CNS(=O)(=O)c2ccc(Cl)cc2)c(F)c1. The first-order valence-electron chi connectivity index (χ1n) is 6.35. The van der Waals surface area contributed by atoms with Gasteiger partial charge in [-0.3, -0.25) is 0 Å². The van der Waals surface area contributed by atoms with E-state index in [4.69, 9.17) is 22.5 Å². The summed E-state index contributed by atoms with van der Waals surface area (Å²) in [6.07, 6.45) is 0. The van der Waals surface area contributed by atoms with Gasteiger partial charge in [0.05, 0.1) is 4.90 Å². The van der Waals surface area contributed by atoms with Gasteiger partial charge >= 0.3 is 0 Å². The third-order valence-corrected chi connectivity index (χ3v) is 4.70. The van der Waals surface area contributed by atoms with Gasteiger partial charge in [-0.1, -0.05) is 28.9 Å². The number of nitrogens with one attached hydrogen (secondary N) is 1. The Hall–Kier alpha value is -2.16. The lowest BCUT2D eigenvalue weighted by molar-refractivity contribution is 0.318. The Morgan fingerprint density at radius 1 is 1.26 bits per heavy atom. The van der Waals surface area contributed by atoms with Gasteiger partial charge in [-0.15, -0.1) is 0 Å². The van der Waals surface area contributed by atoms with E-state index < -0.39 is 15.8 Å². The molecule has 0 aliphatic rings. The van der Waals surface area contributed by atoms with Crippen LogP contribution in [0.25, 0.3) is 0 Å². The Bertz CT molecular complexity index is 839. The molecule has 0 saturated carbocycles. The van der Waals surface area contributed by atoms with Crippen LogP contribution in [-0.2, 0) is 16.6 Å². The lowest BCUT2D eigenvalue weighted by Gasteiger charge is -2.09. The van der Waals surface area contributed by atoms with E-state index in [-0.39, 0.29) is 28.4 Å². The molecule has 0 aliphatic carbocycles. The summed E-state index contributed by atoms with van der Waals surface area (Å²) in [5, 5.41) is 11.7. The Morgan fingerprint density at radius 2 is 1.91 bits per heavy atom. The number of hydrogen-bond donors (Lipinski definition) is 3. The minimum Gasteiger partial charge on any atom is -0.409 e. The van der Waals surface area contributed by atoms with Crippen LogP contribution in [0.3, 0.4) is 0 Å². The number of nitrogens with two attached hydrogens (primary N) is 1. The van der Waals surface area contributed by atoms with Gasteiger partial charge in [0, 0.05) is 22.7 Å². The molecule has 0 heterocycles. The van der Waals surface area contributed by atoms with Crippen LogP contribution in [0.2, 0.25) is 5.02 Å². The van der Waals surface area contributed by atoms with E-state index in [0.717, 1.165) is 6.07 Å². The van der Waals surface area contributed by atoms with Gasteiger partial charge in [-0.2, -0.15) is 0 Å². The van der Waals surface area contributed by atoms with Crippen molar-refractivity contribution in [3.63, 3.8) is 0 Å². The Labute approximate surface area is 137 Å². The number of benzene rings is 2. The summed E-state index contributed by atoms with van der Waals surface area (Å²) in [4.78, 5) is 0.0237. The van der Waals surface area contributed by atoms with Crippen LogP contribution >= 0.6 is 11.6 Å². The van der Waals surface area contributed by atoms with Crippen molar-refractivity contribution in [2.75, 3.05) is 0 Å². The van der Waals surface area contributed by atoms with Crippen molar-refractivity contribution in [2.24, 2.45) is 10.9 Å². The second-order valence-corrected chi connectivity index (χ2v) is 6.77. The first-order valence-corrected chi connectivity index (χ1v) is 8.21. The summed E-state index contributed by atoms with van der Waals surface area (Å²) in [6.45, 7) is -0.243. The molecule has 0 radical (unpaired) electrons. The van der Waals surface area contributed by atoms with Crippen LogP contribution < -0.4 is 10.5 Å². The van der Waals surface area contributed by atoms with E-state index in [1.807, 2.05) is 0 Å². The molecular formula is C14H13ClFN3O3S. The first-order chi connectivity index (χ1) is 10.8. The van der Waals surface area contributed by atoms with Gasteiger partial charge in [-0.25, -0.2) is 17.5 Å². The molecule has 23 heavy (non-hydrogen) atoms. The number of sulfonamides is 1. The van der Waals surface area contributed by atoms with Crippen molar-refractivity contribution in [3.8, 4) is 0 Å². The van der Waals surface area contributed by atoms with E-state index in [1.165, 1.54) is 36.4 Å². The minimum atomic E-state index is -3.79. The average Bonchev–Trinajstić information content (AvgIpc) is 2.53. The molecule has 0 aromatic heterocycles. The summed E-state index contributed by atoms with van der Waals surface area (Å²) >= 11 is 5.71. The lowest BCUT2D eigenvalue weighted by Crippen LogP contribution is -2.24. The first kappa shape index (κ1) is 17.2. The molecule has 0 spiro atoms. The molecule has 0 bridgehead atoms. The van der Waals surface area contributed by atoms with Gasteiger partial charge in [0.15, 0.2) is 5.84 Å². The van der Waals surface area contributed by atoms with Gasteiger partial charge < -0.3 is 10.9 Å². The maximum Gasteiger partial charge on any atom is 0.240 e. The molecule has 122 valence electrons. The van der Waals surface area contributed by atoms with E-state index >= 15 is 0 Å². The standard InChI is InChI=1S/C14H13ClFN3O3S/c15-11-3-5-12(6-4-11)23(21,22)18-8-10-2-1-9(7-13(10)16)14(17)19-20/h1-7,18,20H,8H2,(H2,17,19). The van der Waals surface area contributed by atoms with E-state index in [0.29, 0.717) is 5.02 Å². The molecule has 0 amide bonds. The molecule has 0 saturated heterocycles. The Kier molecular flexibility index (Phi) is 5.19. The fourth-order valence-corrected chi connectivity index (χ4v) is 2.91. The van der Waals surface area contributed by atoms with Crippen LogP contribution in [0.4, 0.5) is 4.39 Å². The van der Waals surface area contributed by atoms with Gasteiger partial charge in [0.25, 0.3) is 0 Å². The van der Waals surface area contributed by atoms with Crippen LogP contribution in [-0.4, -0.2) is 19.5 Å². The number of nitrogens with zero attached hydrogens (tertiary/aromatic N) is 1. The topological polar surface area (TPSA) is 105 Å². The fraction of sp³-hybridized carbons (Fsp3) is 0.0714. The lowest BCUT2D eigenvalue weighted by atomic mass is 10.1. The predicted octanol–water partition coefficient (Wildman–Crippen LogP) is 2.05. The number of oxime groups is 1. The normalized spacial score (nSPS) is 12.3. The number of amidine groups is 1. The monoisotopic (exact) mass is 357 g/mol. The maximum atomic E-state index is 13.9. The summed E-state index contributed by atoms with van der Waals surface area (Å²) in [5.41, 5.74) is 5.67. The predicted molar refractivity (Wildman–Crippen MR) is 84.4 cm³/mol. The number of hydrogen-bond acceptors (Lipinski definition) is 4. The highest BCUT2D eigenvalue weighted by Crippen LogP contribution is 2.15. The van der Waals surface area contributed by atoms with E-state index in [1.54, 1.807) is 0 Å². The highest BCUT2D eigenvalue weighted by molar-refractivity contribution is 7.89. The van der Waals surface area contributed by atoms with Crippen molar-refractivity contribution < 1.29 is 18.0 Å². The quantitative estimate of drug-likeness (QED) is 0.329. The third-order valence-electron chi connectivity index (χ3n) is 3.03. The summed E-state index contributed by atoms with van der Waals surface area (Å²) in [5.74, 6) is -0.912. The Balaban J connectivity index is 2.15. The number of halogens is 2. The second kappa shape index (κ2) is 6.95. The van der Waals surface area contributed by atoms with Gasteiger partial charge in [-0.05, 0) is 30.3 Å². The van der Waals surface area contributed by atoms with Crippen LogP contribution in [0.1, 0.15) is 11.1 Å². The molecule has 6 nitrogen and oxygen atoms in total. The molecule has 0 atom stereocenters. The molecule has 0 aliphatic heterocycles. The highest BCUT2D eigenvalue weighted by atomic mass is 35.5. The molecule has 9 heteroatoms. The highest BCUT2D eigenvalue weighted by Gasteiger charge is 2.15. The number of rotatable bonds is 5. The fourth-order valence-electron chi connectivity index (χ4n) is 1.78. The van der Waals surface area contributed by atoms with Crippen LogP contribution in [0.5, 0.6) is 0 Å². The molecule has 0 unspecified atom stereocenters. The minimum absolute atomic E-state index is 0.0237. The van der Waals surface area contributed by atoms with Crippen molar-refractivity contribution >= 4 is 27.5 Å². The van der Waals surface area contributed by atoms with Crippen molar-refractivity contribution in [1.82, 2.24) is 4.72 Å². The van der Waals surface area contributed by atoms with Crippen molar-refractivity contribution in [3.05, 3.63) is 64.4 Å². The molecule has 2 rings (SSSR count). The van der Waals surface area contributed by atoms with Gasteiger partial charge in [0.1, 0.15) is 5.82 Å². The third kappa shape index (κ3) is 4.19. The molecule has 4 N–H and O–H groups in total. The molecule has 2 aromatic rings.